The molecule has 0 atom stereocenters. The van der Waals surface area contributed by atoms with E-state index in [0.29, 0.717) is 24.8 Å². The van der Waals surface area contributed by atoms with Crippen molar-refractivity contribution in [1.29, 1.82) is 0 Å². The first-order valence-electron chi connectivity index (χ1n) is 6.29. The highest BCUT2D eigenvalue weighted by Gasteiger charge is 2.03. The predicted octanol–water partition coefficient (Wildman–Crippen LogP) is 3.50. The number of nitrogens with zero attached hydrogens (tertiary/aromatic N) is 1. The minimum atomic E-state index is 0.375. The van der Waals surface area contributed by atoms with Crippen LogP contribution >= 0.6 is 15.9 Å². The van der Waals surface area contributed by atoms with Gasteiger partial charge < -0.3 is 15.2 Å². The SMILES string of the molecule is Cc1cc(C)cc(OCCOc2cc(Br)cnc2N)c1. The Balaban J connectivity index is 1.86. The Morgan fingerprint density at radius 1 is 1.05 bits per heavy atom. The highest BCUT2D eigenvalue weighted by atomic mass is 79.9. The average Bonchev–Trinajstić information content (AvgIpc) is 2.37. The Kier molecular flexibility index (Phi) is 4.84. The third-order valence-corrected chi connectivity index (χ3v) is 3.09. The molecular formula is C15H17BrN2O2. The Morgan fingerprint density at radius 3 is 2.40 bits per heavy atom. The number of aryl methyl sites for hydroxylation is 2. The molecule has 0 spiro atoms. The van der Waals surface area contributed by atoms with Crippen molar-refractivity contribution in [3.8, 4) is 11.5 Å². The summed E-state index contributed by atoms with van der Waals surface area (Å²) in [6.45, 7) is 4.96. The van der Waals surface area contributed by atoms with Gasteiger partial charge in [-0.05, 0) is 59.1 Å². The maximum absolute atomic E-state index is 5.72. The fraction of sp³-hybridized carbons (Fsp3) is 0.267. The van der Waals surface area contributed by atoms with Crippen LogP contribution in [0.2, 0.25) is 0 Å². The fourth-order valence-corrected chi connectivity index (χ4v) is 2.18. The maximum atomic E-state index is 5.72. The van der Waals surface area contributed by atoms with E-state index in [1.54, 1.807) is 12.3 Å². The molecule has 0 aliphatic rings. The van der Waals surface area contributed by atoms with E-state index in [1.165, 1.54) is 11.1 Å². The largest absolute Gasteiger partial charge is 0.490 e. The first kappa shape index (κ1) is 14.7. The van der Waals surface area contributed by atoms with E-state index in [1.807, 2.05) is 26.0 Å². The minimum Gasteiger partial charge on any atom is -0.490 e. The van der Waals surface area contributed by atoms with Crippen molar-refractivity contribution < 1.29 is 9.47 Å². The lowest BCUT2D eigenvalue weighted by Crippen LogP contribution is -2.10. The molecule has 2 N–H and O–H groups in total. The second-order valence-corrected chi connectivity index (χ2v) is 5.47. The topological polar surface area (TPSA) is 57.4 Å². The molecule has 5 heteroatoms. The molecule has 0 amide bonds. The first-order chi connectivity index (χ1) is 9.54. The molecule has 0 bridgehead atoms. The average molecular weight is 337 g/mol. The van der Waals surface area contributed by atoms with Gasteiger partial charge in [0, 0.05) is 10.7 Å². The Morgan fingerprint density at radius 2 is 1.70 bits per heavy atom. The lowest BCUT2D eigenvalue weighted by atomic mass is 10.1. The number of rotatable bonds is 5. The van der Waals surface area contributed by atoms with Crippen LogP contribution < -0.4 is 15.2 Å². The number of nitrogen functional groups attached to an aromatic ring is 1. The zero-order chi connectivity index (χ0) is 14.5. The summed E-state index contributed by atoms with van der Waals surface area (Å²) in [5.41, 5.74) is 8.09. The molecule has 1 aromatic heterocycles. The second kappa shape index (κ2) is 6.61. The van der Waals surface area contributed by atoms with Crippen molar-refractivity contribution in [1.82, 2.24) is 4.98 Å². The molecule has 0 unspecified atom stereocenters. The minimum absolute atomic E-state index is 0.375. The Hall–Kier alpha value is -1.75. The zero-order valence-electron chi connectivity index (χ0n) is 11.5. The van der Waals surface area contributed by atoms with E-state index < -0.39 is 0 Å². The van der Waals surface area contributed by atoms with E-state index in [9.17, 15) is 0 Å². The van der Waals surface area contributed by atoms with Gasteiger partial charge in [0.1, 0.15) is 19.0 Å². The van der Waals surface area contributed by atoms with Crippen molar-refractivity contribution in [2.45, 2.75) is 13.8 Å². The van der Waals surface area contributed by atoms with Gasteiger partial charge in [-0.2, -0.15) is 0 Å². The quantitative estimate of drug-likeness (QED) is 0.849. The Labute approximate surface area is 127 Å². The van der Waals surface area contributed by atoms with E-state index in [4.69, 9.17) is 15.2 Å². The van der Waals surface area contributed by atoms with Crippen LogP contribution in [0.15, 0.2) is 34.9 Å². The maximum Gasteiger partial charge on any atom is 0.166 e. The molecule has 0 saturated heterocycles. The standard InChI is InChI=1S/C15H17BrN2O2/c1-10-5-11(2)7-13(6-10)19-3-4-20-14-8-12(16)9-18-15(14)17/h5-9H,3-4H2,1-2H3,(H2,17,18). The highest BCUT2D eigenvalue weighted by Crippen LogP contribution is 2.23. The molecule has 20 heavy (non-hydrogen) atoms. The van der Waals surface area contributed by atoms with Crippen LogP contribution in [0.1, 0.15) is 11.1 Å². The van der Waals surface area contributed by atoms with E-state index >= 15 is 0 Å². The van der Waals surface area contributed by atoms with Crippen molar-refractivity contribution in [3.63, 3.8) is 0 Å². The van der Waals surface area contributed by atoms with E-state index in [0.717, 1.165) is 10.2 Å². The monoisotopic (exact) mass is 336 g/mol. The van der Waals surface area contributed by atoms with Crippen LogP contribution in [0.25, 0.3) is 0 Å². The van der Waals surface area contributed by atoms with Crippen molar-refractivity contribution >= 4 is 21.7 Å². The number of aromatic nitrogens is 1. The van der Waals surface area contributed by atoms with Crippen LogP contribution in [0.3, 0.4) is 0 Å². The molecule has 1 aromatic carbocycles. The number of anilines is 1. The lowest BCUT2D eigenvalue weighted by molar-refractivity contribution is 0.217. The van der Waals surface area contributed by atoms with Gasteiger partial charge in [0.05, 0.1) is 0 Å². The number of pyridine rings is 1. The van der Waals surface area contributed by atoms with Crippen LogP contribution in [0, 0.1) is 13.8 Å². The Bertz CT molecular complexity index is 582. The molecule has 0 fully saturated rings. The molecule has 0 saturated carbocycles. The summed E-state index contributed by atoms with van der Waals surface area (Å²) in [5.74, 6) is 1.79. The summed E-state index contributed by atoms with van der Waals surface area (Å²) in [4.78, 5) is 4.00. The van der Waals surface area contributed by atoms with Gasteiger partial charge in [-0.3, -0.25) is 0 Å². The first-order valence-corrected chi connectivity index (χ1v) is 7.09. The molecule has 2 rings (SSSR count). The van der Waals surface area contributed by atoms with Crippen LogP contribution in [-0.4, -0.2) is 18.2 Å². The number of hydrogen-bond acceptors (Lipinski definition) is 4. The van der Waals surface area contributed by atoms with Gasteiger partial charge in [-0.25, -0.2) is 4.98 Å². The van der Waals surface area contributed by atoms with Crippen LogP contribution in [-0.2, 0) is 0 Å². The molecule has 2 aromatic rings. The summed E-state index contributed by atoms with van der Waals surface area (Å²) in [5, 5.41) is 0. The zero-order valence-corrected chi connectivity index (χ0v) is 13.1. The van der Waals surface area contributed by atoms with E-state index in [-0.39, 0.29) is 0 Å². The number of nitrogens with two attached hydrogens (primary N) is 1. The van der Waals surface area contributed by atoms with Gasteiger partial charge in [0.15, 0.2) is 11.6 Å². The number of hydrogen-bond donors (Lipinski definition) is 1. The van der Waals surface area contributed by atoms with Gasteiger partial charge in [0.2, 0.25) is 0 Å². The van der Waals surface area contributed by atoms with Gasteiger partial charge in [0.25, 0.3) is 0 Å². The molecule has 106 valence electrons. The van der Waals surface area contributed by atoms with Gasteiger partial charge >= 0.3 is 0 Å². The number of benzene rings is 1. The third kappa shape index (κ3) is 4.13. The summed E-state index contributed by atoms with van der Waals surface area (Å²) >= 11 is 3.33. The molecule has 0 aliphatic heterocycles. The molecule has 1 heterocycles. The molecule has 0 radical (unpaired) electrons. The second-order valence-electron chi connectivity index (χ2n) is 4.56. The van der Waals surface area contributed by atoms with Gasteiger partial charge in [-0.1, -0.05) is 6.07 Å². The summed E-state index contributed by atoms with van der Waals surface area (Å²) < 4.78 is 12.0. The third-order valence-electron chi connectivity index (χ3n) is 2.65. The molecule has 0 aliphatic carbocycles. The van der Waals surface area contributed by atoms with E-state index in [2.05, 4.69) is 27.0 Å². The fourth-order valence-electron chi connectivity index (χ4n) is 1.87. The van der Waals surface area contributed by atoms with Crippen LogP contribution in [0.4, 0.5) is 5.82 Å². The van der Waals surface area contributed by atoms with Crippen LogP contribution in [0.5, 0.6) is 11.5 Å². The predicted molar refractivity (Wildman–Crippen MR) is 83.3 cm³/mol. The normalized spacial score (nSPS) is 10.3. The summed E-state index contributed by atoms with van der Waals surface area (Å²) in [6, 6.07) is 7.90. The molecule has 4 nitrogen and oxygen atoms in total. The smallest absolute Gasteiger partial charge is 0.166 e. The van der Waals surface area contributed by atoms with Gasteiger partial charge in [-0.15, -0.1) is 0 Å². The lowest BCUT2D eigenvalue weighted by Gasteiger charge is -2.10. The molecular weight excluding hydrogens is 320 g/mol. The van der Waals surface area contributed by atoms with Crippen molar-refractivity contribution in [2.24, 2.45) is 0 Å². The van der Waals surface area contributed by atoms with Crippen molar-refractivity contribution in [3.05, 3.63) is 46.1 Å². The summed E-state index contributed by atoms with van der Waals surface area (Å²) in [7, 11) is 0. The summed E-state index contributed by atoms with van der Waals surface area (Å²) in [6.07, 6.45) is 1.63. The number of halogens is 1. The number of ether oxygens (including phenoxy) is 2. The van der Waals surface area contributed by atoms with Crippen molar-refractivity contribution in [2.75, 3.05) is 18.9 Å². The highest BCUT2D eigenvalue weighted by molar-refractivity contribution is 9.10.